The van der Waals surface area contributed by atoms with Crippen molar-refractivity contribution >= 4 is 11.8 Å². The molecule has 0 spiro atoms. The third-order valence-corrected chi connectivity index (χ3v) is 4.42. The van der Waals surface area contributed by atoms with E-state index in [9.17, 15) is 14.4 Å². The van der Waals surface area contributed by atoms with Crippen molar-refractivity contribution in [2.75, 3.05) is 14.2 Å². The maximum absolute atomic E-state index is 12.3. The summed E-state index contributed by atoms with van der Waals surface area (Å²) in [4.78, 5) is 39.7. The van der Waals surface area contributed by atoms with E-state index >= 15 is 0 Å². The molecule has 0 unspecified atom stereocenters. The summed E-state index contributed by atoms with van der Waals surface area (Å²) in [6.07, 6.45) is 0. The van der Waals surface area contributed by atoms with Gasteiger partial charge in [-0.15, -0.1) is 0 Å². The first kappa shape index (κ1) is 20.7. The first-order valence-corrected chi connectivity index (χ1v) is 9.06. The number of pyridine rings is 1. The number of hydrazine groups is 1. The molecule has 0 aliphatic carbocycles. The number of amides is 2. The third-order valence-electron chi connectivity index (χ3n) is 4.42. The van der Waals surface area contributed by atoms with E-state index < -0.39 is 17.4 Å². The van der Waals surface area contributed by atoms with Gasteiger partial charge in [0.25, 0.3) is 17.4 Å². The Bertz CT molecular complexity index is 1150. The standard InChI is InChI=1S/C22H21N3O5/c1-13-5-4-6-14(11-13)17-9-8-16(21(27)23-17)22(28)25-24-20(26)15-7-10-18(29-2)19(12-15)30-3/h4-12H,1-3H3,(H,23,27)(H,24,26)(H,25,28). The summed E-state index contributed by atoms with van der Waals surface area (Å²) in [6, 6.07) is 15.2. The predicted molar refractivity (Wildman–Crippen MR) is 112 cm³/mol. The Morgan fingerprint density at radius 2 is 1.60 bits per heavy atom. The molecule has 0 saturated heterocycles. The van der Waals surface area contributed by atoms with Crippen molar-refractivity contribution in [3.05, 3.63) is 81.6 Å². The zero-order valence-electron chi connectivity index (χ0n) is 16.7. The van der Waals surface area contributed by atoms with E-state index in [4.69, 9.17) is 9.47 Å². The van der Waals surface area contributed by atoms with Crippen LogP contribution < -0.4 is 25.9 Å². The van der Waals surface area contributed by atoms with Crippen LogP contribution in [0.4, 0.5) is 0 Å². The summed E-state index contributed by atoms with van der Waals surface area (Å²) in [5.74, 6) is -0.462. The van der Waals surface area contributed by atoms with Gasteiger partial charge in [0.15, 0.2) is 11.5 Å². The van der Waals surface area contributed by atoms with Gasteiger partial charge in [0.05, 0.1) is 14.2 Å². The molecular weight excluding hydrogens is 386 g/mol. The molecule has 0 aliphatic heterocycles. The molecule has 0 atom stereocenters. The highest BCUT2D eigenvalue weighted by Crippen LogP contribution is 2.27. The molecule has 0 saturated carbocycles. The summed E-state index contributed by atoms with van der Waals surface area (Å²) >= 11 is 0. The summed E-state index contributed by atoms with van der Waals surface area (Å²) in [5.41, 5.74) is 6.55. The van der Waals surface area contributed by atoms with Gasteiger partial charge >= 0.3 is 0 Å². The van der Waals surface area contributed by atoms with Crippen molar-refractivity contribution in [1.82, 2.24) is 15.8 Å². The van der Waals surface area contributed by atoms with Crippen molar-refractivity contribution in [1.29, 1.82) is 0 Å². The number of rotatable bonds is 5. The molecule has 0 aliphatic rings. The van der Waals surface area contributed by atoms with Crippen molar-refractivity contribution in [2.45, 2.75) is 6.92 Å². The molecule has 1 aromatic heterocycles. The molecule has 2 amide bonds. The van der Waals surface area contributed by atoms with Gasteiger partial charge in [-0.05, 0) is 48.9 Å². The second-order valence-electron chi connectivity index (χ2n) is 6.46. The Labute approximate surface area is 172 Å². The van der Waals surface area contributed by atoms with Crippen LogP contribution in [0.3, 0.4) is 0 Å². The van der Waals surface area contributed by atoms with Crippen LogP contribution in [0.1, 0.15) is 26.3 Å². The number of benzene rings is 2. The van der Waals surface area contributed by atoms with Crippen molar-refractivity contribution < 1.29 is 19.1 Å². The molecule has 0 radical (unpaired) electrons. The average Bonchev–Trinajstić information content (AvgIpc) is 2.76. The van der Waals surface area contributed by atoms with Gasteiger partial charge < -0.3 is 14.5 Å². The molecule has 3 N–H and O–H groups in total. The van der Waals surface area contributed by atoms with E-state index in [1.54, 1.807) is 12.1 Å². The Kier molecular flexibility index (Phi) is 6.17. The van der Waals surface area contributed by atoms with Crippen LogP contribution in [0.2, 0.25) is 0 Å². The quantitative estimate of drug-likeness (QED) is 0.563. The molecule has 3 rings (SSSR count). The minimum Gasteiger partial charge on any atom is -0.493 e. The lowest BCUT2D eigenvalue weighted by Gasteiger charge is -2.11. The summed E-state index contributed by atoms with van der Waals surface area (Å²) in [7, 11) is 2.94. The van der Waals surface area contributed by atoms with Gasteiger partial charge in [0, 0.05) is 11.3 Å². The predicted octanol–water partition coefficient (Wildman–Crippen LogP) is 2.44. The number of aromatic nitrogens is 1. The Balaban J connectivity index is 1.70. The third kappa shape index (κ3) is 4.49. The number of carbonyl (C=O) groups excluding carboxylic acids is 2. The van der Waals surface area contributed by atoms with Crippen LogP contribution in [0.15, 0.2) is 59.4 Å². The van der Waals surface area contributed by atoms with Gasteiger partial charge in [-0.2, -0.15) is 0 Å². The Morgan fingerprint density at radius 3 is 2.27 bits per heavy atom. The lowest BCUT2D eigenvalue weighted by Crippen LogP contribution is -2.43. The zero-order chi connectivity index (χ0) is 21.7. The minimum atomic E-state index is -0.735. The second kappa shape index (κ2) is 8.95. The monoisotopic (exact) mass is 407 g/mol. The molecule has 30 heavy (non-hydrogen) atoms. The highest BCUT2D eigenvalue weighted by atomic mass is 16.5. The normalized spacial score (nSPS) is 10.2. The van der Waals surface area contributed by atoms with Crippen LogP contribution in [0.5, 0.6) is 11.5 Å². The fourth-order valence-corrected chi connectivity index (χ4v) is 2.86. The van der Waals surface area contributed by atoms with E-state index in [0.717, 1.165) is 11.1 Å². The maximum atomic E-state index is 12.3. The van der Waals surface area contributed by atoms with Crippen LogP contribution in [0, 0.1) is 6.92 Å². The number of ether oxygens (including phenoxy) is 2. The Hall–Kier alpha value is -4.07. The van der Waals surface area contributed by atoms with E-state index in [-0.39, 0.29) is 11.1 Å². The largest absolute Gasteiger partial charge is 0.493 e. The van der Waals surface area contributed by atoms with E-state index in [2.05, 4.69) is 15.8 Å². The number of hydrogen-bond donors (Lipinski definition) is 3. The molecule has 2 aromatic carbocycles. The molecule has 1 heterocycles. The van der Waals surface area contributed by atoms with Crippen LogP contribution in [0.25, 0.3) is 11.3 Å². The minimum absolute atomic E-state index is 0.126. The highest BCUT2D eigenvalue weighted by molar-refractivity contribution is 5.99. The van der Waals surface area contributed by atoms with Crippen LogP contribution in [-0.2, 0) is 0 Å². The number of aromatic amines is 1. The number of carbonyl (C=O) groups is 2. The average molecular weight is 407 g/mol. The number of hydrogen-bond acceptors (Lipinski definition) is 5. The van der Waals surface area contributed by atoms with Gasteiger partial charge in [-0.25, -0.2) is 0 Å². The summed E-state index contributed by atoms with van der Waals surface area (Å²) < 4.78 is 10.3. The smallest absolute Gasteiger partial charge is 0.275 e. The van der Waals surface area contributed by atoms with Crippen LogP contribution >= 0.6 is 0 Å². The first-order valence-electron chi connectivity index (χ1n) is 9.06. The fraction of sp³-hybridized carbons (Fsp3) is 0.136. The summed E-state index contributed by atoms with van der Waals surface area (Å²) in [5, 5.41) is 0. The lowest BCUT2D eigenvalue weighted by atomic mass is 10.1. The number of H-pyrrole nitrogens is 1. The first-order chi connectivity index (χ1) is 14.4. The second-order valence-corrected chi connectivity index (χ2v) is 6.46. The molecule has 8 nitrogen and oxygen atoms in total. The lowest BCUT2D eigenvalue weighted by molar-refractivity contribution is 0.0845. The molecule has 0 fully saturated rings. The number of nitrogens with one attached hydrogen (secondary N) is 3. The molecule has 154 valence electrons. The number of aryl methyl sites for hydroxylation is 1. The maximum Gasteiger partial charge on any atom is 0.275 e. The van der Waals surface area contributed by atoms with Crippen LogP contribution in [-0.4, -0.2) is 31.0 Å². The van der Waals surface area contributed by atoms with Gasteiger partial charge in [0.2, 0.25) is 0 Å². The van der Waals surface area contributed by atoms with E-state index in [1.807, 2.05) is 31.2 Å². The Morgan fingerprint density at radius 1 is 0.867 bits per heavy atom. The van der Waals surface area contributed by atoms with Gasteiger partial charge in [0.1, 0.15) is 5.56 Å². The van der Waals surface area contributed by atoms with Crippen molar-refractivity contribution in [3.8, 4) is 22.8 Å². The summed E-state index contributed by atoms with van der Waals surface area (Å²) in [6.45, 7) is 1.95. The zero-order valence-corrected chi connectivity index (χ0v) is 16.7. The van der Waals surface area contributed by atoms with Gasteiger partial charge in [-0.1, -0.05) is 23.8 Å². The van der Waals surface area contributed by atoms with E-state index in [1.165, 1.54) is 32.4 Å². The molecular formula is C22H21N3O5. The molecule has 3 aromatic rings. The fourth-order valence-electron chi connectivity index (χ4n) is 2.86. The topological polar surface area (TPSA) is 110 Å². The highest BCUT2D eigenvalue weighted by Gasteiger charge is 2.15. The molecule has 8 heteroatoms. The van der Waals surface area contributed by atoms with E-state index in [0.29, 0.717) is 17.2 Å². The van der Waals surface area contributed by atoms with Crippen molar-refractivity contribution in [2.24, 2.45) is 0 Å². The molecule has 0 bridgehead atoms. The number of methoxy groups -OCH3 is 2. The van der Waals surface area contributed by atoms with Gasteiger partial charge in [-0.3, -0.25) is 25.2 Å². The SMILES string of the molecule is COc1ccc(C(=O)NNC(=O)c2ccc(-c3cccc(C)c3)[nH]c2=O)cc1OC. The van der Waals surface area contributed by atoms with Crippen molar-refractivity contribution in [3.63, 3.8) is 0 Å².